The molecule has 3 fully saturated rings. The molecule has 3 nitrogen and oxygen atoms in total. The second kappa shape index (κ2) is 5.53. The number of hydrogen-bond acceptors (Lipinski definition) is 3. The molecule has 1 spiro atoms. The molecule has 0 amide bonds. The second-order valence-electron chi connectivity index (χ2n) is 9.40. The lowest BCUT2D eigenvalue weighted by Gasteiger charge is -2.57. The van der Waals surface area contributed by atoms with Crippen molar-refractivity contribution in [3.63, 3.8) is 0 Å². The molecule has 0 aromatic heterocycles. The Bertz CT molecular complexity index is 650. The second-order valence-corrected chi connectivity index (χ2v) is 9.40. The van der Waals surface area contributed by atoms with Crippen molar-refractivity contribution < 1.29 is 14.6 Å². The van der Waals surface area contributed by atoms with E-state index in [9.17, 15) is 9.90 Å². The van der Waals surface area contributed by atoms with E-state index in [1.165, 1.54) is 24.8 Å². The number of fused-ring (bicyclic) bond motifs is 6. The predicted molar refractivity (Wildman–Crippen MR) is 95.9 cm³/mol. The van der Waals surface area contributed by atoms with Gasteiger partial charge in [-0.25, -0.2) is 0 Å². The monoisotopic (exact) mass is 342 g/mol. The molecule has 3 saturated carbocycles. The van der Waals surface area contributed by atoms with Crippen molar-refractivity contribution in [2.75, 3.05) is 13.2 Å². The van der Waals surface area contributed by atoms with Crippen LogP contribution in [0.25, 0.3) is 0 Å². The molecule has 0 aromatic carbocycles. The van der Waals surface area contributed by atoms with Crippen LogP contribution in [0.4, 0.5) is 0 Å². The Labute approximate surface area is 150 Å². The maximum Gasteiger partial charge on any atom is 0.155 e. The molecule has 1 heterocycles. The summed E-state index contributed by atoms with van der Waals surface area (Å²) >= 11 is 0. The quantitative estimate of drug-likeness (QED) is 0.740. The van der Waals surface area contributed by atoms with E-state index < -0.39 is 0 Å². The lowest BCUT2D eigenvalue weighted by molar-refractivity contribution is -0.120. The lowest BCUT2D eigenvalue weighted by atomic mass is 9.49. The van der Waals surface area contributed by atoms with Gasteiger partial charge < -0.3 is 9.84 Å². The molecule has 1 N–H and O–H groups in total. The van der Waals surface area contributed by atoms with E-state index in [-0.39, 0.29) is 29.3 Å². The van der Waals surface area contributed by atoms with E-state index >= 15 is 0 Å². The minimum absolute atomic E-state index is 0.0318. The summed E-state index contributed by atoms with van der Waals surface area (Å²) in [5, 5.41) is 10.0. The molecule has 1 aliphatic heterocycles. The molecule has 5 rings (SSSR count). The zero-order valence-electron chi connectivity index (χ0n) is 15.2. The van der Waals surface area contributed by atoms with Crippen LogP contribution >= 0.6 is 0 Å². The van der Waals surface area contributed by atoms with Crippen molar-refractivity contribution in [1.82, 2.24) is 0 Å². The topological polar surface area (TPSA) is 46.5 Å². The third-order valence-electron chi connectivity index (χ3n) is 8.72. The van der Waals surface area contributed by atoms with Crippen LogP contribution in [-0.2, 0) is 9.53 Å². The van der Waals surface area contributed by atoms with Crippen molar-refractivity contribution in [2.24, 2.45) is 35.0 Å². The average Bonchev–Trinajstić information content (AvgIpc) is 3.20. The maximum atomic E-state index is 12.0. The van der Waals surface area contributed by atoms with Crippen LogP contribution in [0.1, 0.15) is 51.9 Å². The number of hydrogen-bond donors (Lipinski definition) is 1. The molecule has 0 radical (unpaired) electrons. The van der Waals surface area contributed by atoms with E-state index in [4.69, 9.17) is 4.74 Å². The lowest BCUT2D eigenvalue weighted by Crippen LogP contribution is -2.53. The Balaban J connectivity index is 1.50. The molecule has 5 unspecified atom stereocenters. The van der Waals surface area contributed by atoms with Gasteiger partial charge in [-0.2, -0.15) is 0 Å². The van der Waals surface area contributed by atoms with Gasteiger partial charge in [0.25, 0.3) is 0 Å². The number of ether oxygens (including phenoxy) is 1. The predicted octanol–water partition coefficient (Wildman–Crippen LogP) is 3.67. The Hall–Kier alpha value is -0.930. The number of aliphatic hydroxyl groups excluding tert-OH is 1. The van der Waals surface area contributed by atoms with Crippen LogP contribution in [-0.4, -0.2) is 29.7 Å². The van der Waals surface area contributed by atoms with Gasteiger partial charge in [0.2, 0.25) is 0 Å². The zero-order valence-corrected chi connectivity index (χ0v) is 15.2. The van der Waals surface area contributed by atoms with E-state index in [1.807, 2.05) is 6.08 Å². The van der Waals surface area contributed by atoms with Crippen LogP contribution < -0.4 is 0 Å². The summed E-state index contributed by atoms with van der Waals surface area (Å²) in [6, 6.07) is 0. The number of ketones is 1. The van der Waals surface area contributed by atoms with Gasteiger partial charge in [0, 0.05) is 24.4 Å². The first kappa shape index (κ1) is 16.3. The minimum atomic E-state index is -0.0318. The first-order chi connectivity index (χ1) is 12.1. The fourth-order valence-electron chi connectivity index (χ4n) is 7.54. The fraction of sp³-hybridized carbons (Fsp3) is 0.773. The van der Waals surface area contributed by atoms with Gasteiger partial charge in [0.1, 0.15) is 0 Å². The zero-order chi connectivity index (χ0) is 17.2. The molecule has 3 heteroatoms. The Kier molecular flexibility index (Phi) is 3.60. The van der Waals surface area contributed by atoms with Gasteiger partial charge in [-0.1, -0.05) is 24.6 Å². The van der Waals surface area contributed by atoms with Gasteiger partial charge in [-0.15, -0.1) is 0 Å². The molecule has 25 heavy (non-hydrogen) atoms. The van der Waals surface area contributed by atoms with E-state index in [0.717, 1.165) is 25.9 Å². The van der Waals surface area contributed by atoms with Gasteiger partial charge in [0.05, 0.1) is 12.2 Å². The molecule has 136 valence electrons. The highest BCUT2D eigenvalue weighted by atomic mass is 16.5. The first-order valence-electron chi connectivity index (χ1n) is 10.2. The molecule has 0 saturated heterocycles. The molecular formula is C22H30O3. The summed E-state index contributed by atoms with van der Waals surface area (Å²) in [4.78, 5) is 12.0. The number of carbonyl (C=O) groups is 1. The summed E-state index contributed by atoms with van der Waals surface area (Å²) < 4.78 is 6.31. The fourth-order valence-corrected chi connectivity index (χ4v) is 7.54. The van der Waals surface area contributed by atoms with E-state index in [0.29, 0.717) is 30.1 Å². The molecule has 4 aliphatic carbocycles. The van der Waals surface area contributed by atoms with Crippen molar-refractivity contribution in [1.29, 1.82) is 0 Å². The molecule has 5 aliphatic rings. The molecule has 0 aromatic rings. The normalized spacial score (nSPS) is 51.2. The Morgan fingerprint density at radius 2 is 2.12 bits per heavy atom. The molecule has 7 atom stereocenters. The first-order valence-corrected chi connectivity index (χ1v) is 10.2. The Morgan fingerprint density at radius 1 is 1.24 bits per heavy atom. The van der Waals surface area contributed by atoms with E-state index in [1.54, 1.807) is 0 Å². The van der Waals surface area contributed by atoms with E-state index in [2.05, 4.69) is 19.1 Å². The van der Waals surface area contributed by atoms with Crippen LogP contribution in [0.15, 0.2) is 23.8 Å². The third-order valence-corrected chi connectivity index (χ3v) is 8.72. The van der Waals surface area contributed by atoms with Crippen molar-refractivity contribution in [3.8, 4) is 0 Å². The number of aliphatic hydroxyl groups is 1. The highest BCUT2D eigenvalue weighted by Crippen LogP contribution is 2.67. The Morgan fingerprint density at radius 3 is 2.88 bits per heavy atom. The van der Waals surface area contributed by atoms with Crippen LogP contribution in [0, 0.1) is 35.0 Å². The summed E-state index contributed by atoms with van der Waals surface area (Å²) in [6.45, 7) is 3.44. The number of carbonyl (C=O) groups excluding carboxylic acids is 1. The highest BCUT2D eigenvalue weighted by molar-refractivity contribution is 5.91. The summed E-state index contributed by atoms with van der Waals surface area (Å²) in [5.74, 6) is 3.10. The van der Waals surface area contributed by atoms with Gasteiger partial charge in [-0.05, 0) is 68.3 Å². The standard InChI is InChI=1S/C22H30O3/c1-21-8-5-17-16-4-3-15(24)12-18(16)14(13-23)11-19(17)20(21)6-9-22(21)7-2-10-25-22/h2,7,12,14,16-17,19-20,23H,3-6,8-11,13H2,1H3/t14-,16?,17?,19?,20?,21-,22?/m0/s1. The van der Waals surface area contributed by atoms with Gasteiger partial charge in [0.15, 0.2) is 5.78 Å². The molecular weight excluding hydrogens is 312 g/mol. The van der Waals surface area contributed by atoms with Crippen molar-refractivity contribution >= 4 is 5.78 Å². The average molecular weight is 342 g/mol. The van der Waals surface area contributed by atoms with Gasteiger partial charge >= 0.3 is 0 Å². The van der Waals surface area contributed by atoms with Crippen LogP contribution in [0.5, 0.6) is 0 Å². The van der Waals surface area contributed by atoms with Crippen LogP contribution in [0.3, 0.4) is 0 Å². The minimum Gasteiger partial charge on any atom is -0.396 e. The van der Waals surface area contributed by atoms with Crippen molar-refractivity contribution in [3.05, 3.63) is 23.8 Å². The van der Waals surface area contributed by atoms with Crippen molar-refractivity contribution in [2.45, 2.75) is 57.5 Å². The summed E-state index contributed by atoms with van der Waals surface area (Å²) in [6.07, 6.45) is 14.2. The summed E-state index contributed by atoms with van der Waals surface area (Å²) in [7, 11) is 0. The third kappa shape index (κ3) is 2.09. The van der Waals surface area contributed by atoms with Crippen LogP contribution in [0.2, 0.25) is 0 Å². The smallest absolute Gasteiger partial charge is 0.155 e. The highest BCUT2D eigenvalue weighted by Gasteiger charge is 2.63. The SMILES string of the molecule is C[C@]12CCC3C4CCC(=O)C=C4[C@H](CO)CC3C1CCC21C=CCO1. The summed E-state index contributed by atoms with van der Waals surface area (Å²) in [5.41, 5.74) is 1.50. The number of rotatable bonds is 1. The molecule has 0 bridgehead atoms. The maximum absolute atomic E-state index is 12.0. The van der Waals surface area contributed by atoms with Gasteiger partial charge in [-0.3, -0.25) is 4.79 Å². The largest absolute Gasteiger partial charge is 0.396 e.